The van der Waals surface area contributed by atoms with Crippen molar-refractivity contribution in [3.63, 3.8) is 0 Å². The molecule has 3 aromatic rings. The van der Waals surface area contributed by atoms with Crippen molar-refractivity contribution in [1.82, 2.24) is 10.2 Å². The third-order valence-corrected chi connectivity index (χ3v) is 6.48. The molecule has 1 fully saturated rings. The molecular formula is C27H24BrFN2O3. The zero-order valence-corrected chi connectivity index (χ0v) is 20.0. The molecule has 0 radical (unpaired) electrons. The van der Waals surface area contributed by atoms with Gasteiger partial charge in [-0.1, -0.05) is 58.4 Å². The molecule has 5 nitrogen and oxygen atoms in total. The fourth-order valence-corrected chi connectivity index (χ4v) is 4.22. The number of aliphatic hydroxyl groups is 1. The number of nitrogens with one attached hydrogen (secondary N) is 1. The molecule has 0 bridgehead atoms. The van der Waals surface area contributed by atoms with Gasteiger partial charge < -0.3 is 15.3 Å². The number of hydrogen-bond acceptors (Lipinski definition) is 3. The fraction of sp³-hybridized carbons (Fsp3) is 0.185. The molecule has 7 heteroatoms. The highest BCUT2D eigenvalue weighted by molar-refractivity contribution is 9.10. The lowest BCUT2D eigenvalue weighted by Gasteiger charge is -2.38. The van der Waals surface area contributed by atoms with Crippen molar-refractivity contribution in [2.45, 2.75) is 18.4 Å². The van der Waals surface area contributed by atoms with E-state index in [9.17, 15) is 19.1 Å². The Hall–Kier alpha value is -3.29. The molecule has 1 aliphatic heterocycles. The highest BCUT2D eigenvalue weighted by Gasteiger charge is 2.36. The van der Waals surface area contributed by atoms with Crippen LogP contribution in [0.5, 0.6) is 0 Å². The molecule has 0 atom stereocenters. The van der Waals surface area contributed by atoms with Gasteiger partial charge >= 0.3 is 0 Å². The van der Waals surface area contributed by atoms with Gasteiger partial charge in [-0.15, -0.1) is 0 Å². The smallest absolute Gasteiger partial charge is 0.270 e. The third kappa shape index (κ3) is 5.61. The summed E-state index contributed by atoms with van der Waals surface area (Å²) in [7, 11) is 0. The van der Waals surface area contributed by atoms with Gasteiger partial charge in [-0.3, -0.25) is 9.59 Å². The van der Waals surface area contributed by atoms with Crippen molar-refractivity contribution >= 4 is 33.8 Å². The summed E-state index contributed by atoms with van der Waals surface area (Å²) in [6.07, 6.45) is 2.28. The van der Waals surface area contributed by atoms with Crippen LogP contribution in [0.2, 0.25) is 0 Å². The Morgan fingerprint density at radius 1 is 0.941 bits per heavy atom. The number of carbonyl (C=O) groups is 2. The van der Waals surface area contributed by atoms with Crippen LogP contribution in [-0.4, -0.2) is 34.9 Å². The molecule has 0 aromatic heterocycles. The summed E-state index contributed by atoms with van der Waals surface area (Å²) in [5.74, 6) is -1.15. The Labute approximate surface area is 206 Å². The van der Waals surface area contributed by atoms with Crippen LogP contribution >= 0.6 is 15.9 Å². The minimum Gasteiger partial charge on any atom is -0.385 e. The molecule has 3 aromatic carbocycles. The number of piperidine rings is 1. The lowest BCUT2D eigenvalue weighted by Crippen LogP contribution is -2.47. The predicted octanol–water partition coefficient (Wildman–Crippen LogP) is 4.87. The maximum atomic E-state index is 13.4. The number of nitrogens with zero attached hydrogens (tertiary/aromatic N) is 1. The van der Waals surface area contributed by atoms with Gasteiger partial charge in [-0.05, 0) is 66.4 Å². The molecule has 0 aliphatic carbocycles. The molecule has 0 unspecified atom stereocenters. The number of likely N-dealkylation sites (tertiary alicyclic amines) is 1. The lowest BCUT2D eigenvalue weighted by atomic mass is 9.84. The van der Waals surface area contributed by atoms with Gasteiger partial charge in [-0.2, -0.15) is 0 Å². The van der Waals surface area contributed by atoms with Crippen LogP contribution in [0.4, 0.5) is 4.39 Å². The molecule has 0 spiro atoms. The molecule has 2 amide bonds. The van der Waals surface area contributed by atoms with Crippen molar-refractivity contribution < 1.29 is 19.1 Å². The largest absolute Gasteiger partial charge is 0.385 e. The topological polar surface area (TPSA) is 69.6 Å². The van der Waals surface area contributed by atoms with Crippen LogP contribution in [0.3, 0.4) is 0 Å². The van der Waals surface area contributed by atoms with Crippen LogP contribution in [0.25, 0.3) is 6.08 Å². The van der Waals surface area contributed by atoms with Crippen LogP contribution < -0.4 is 5.32 Å². The van der Waals surface area contributed by atoms with Gasteiger partial charge in [0, 0.05) is 23.1 Å². The van der Waals surface area contributed by atoms with Crippen molar-refractivity contribution in [3.05, 3.63) is 112 Å². The SMILES string of the molecule is O=C(N/C(=C\c1ccc(F)cc1)C(=O)N1CCC(O)(c2ccc(Br)cc2)CC1)c1ccccc1. The van der Waals surface area contributed by atoms with Crippen molar-refractivity contribution in [3.8, 4) is 0 Å². The molecule has 174 valence electrons. The number of rotatable bonds is 5. The Bertz CT molecular complexity index is 1190. The van der Waals surface area contributed by atoms with E-state index in [1.807, 2.05) is 24.3 Å². The van der Waals surface area contributed by atoms with Gasteiger partial charge in [0.25, 0.3) is 11.8 Å². The van der Waals surface area contributed by atoms with E-state index in [0.29, 0.717) is 37.1 Å². The molecule has 2 N–H and O–H groups in total. The van der Waals surface area contributed by atoms with E-state index in [-0.39, 0.29) is 17.4 Å². The standard InChI is InChI=1S/C27H24BrFN2O3/c28-22-10-8-21(9-11-22)27(34)14-16-31(17-15-27)26(33)24(18-19-6-12-23(29)13-7-19)30-25(32)20-4-2-1-3-5-20/h1-13,18,34H,14-17H2,(H,30,32)/b24-18-. The summed E-state index contributed by atoms with van der Waals surface area (Å²) in [5, 5.41) is 13.9. The van der Waals surface area contributed by atoms with E-state index >= 15 is 0 Å². The number of carbonyl (C=O) groups excluding carboxylic acids is 2. The maximum absolute atomic E-state index is 13.4. The van der Waals surface area contributed by atoms with E-state index in [1.54, 1.807) is 47.4 Å². The number of amides is 2. The van der Waals surface area contributed by atoms with Gasteiger partial charge in [0.05, 0.1) is 5.60 Å². The van der Waals surface area contributed by atoms with Gasteiger partial charge in [-0.25, -0.2) is 4.39 Å². The molecule has 0 saturated carbocycles. The zero-order chi connectivity index (χ0) is 24.1. The molecular weight excluding hydrogens is 499 g/mol. The Morgan fingerprint density at radius 3 is 2.18 bits per heavy atom. The Morgan fingerprint density at radius 2 is 1.56 bits per heavy atom. The minimum absolute atomic E-state index is 0.0922. The van der Waals surface area contributed by atoms with Crippen molar-refractivity contribution in [2.75, 3.05) is 13.1 Å². The van der Waals surface area contributed by atoms with E-state index in [1.165, 1.54) is 18.2 Å². The van der Waals surface area contributed by atoms with Crippen LogP contribution in [0.15, 0.2) is 89.0 Å². The average Bonchev–Trinajstić information content (AvgIpc) is 2.86. The Balaban J connectivity index is 1.54. The first-order valence-electron chi connectivity index (χ1n) is 11.0. The summed E-state index contributed by atoms with van der Waals surface area (Å²) in [4.78, 5) is 27.8. The van der Waals surface area contributed by atoms with Gasteiger partial charge in [0.2, 0.25) is 0 Å². The van der Waals surface area contributed by atoms with E-state index in [4.69, 9.17) is 0 Å². The molecule has 34 heavy (non-hydrogen) atoms. The summed E-state index contributed by atoms with van der Waals surface area (Å²) in [6, 6.07) is 21.8. The second kappa shape index (κ2) is 10.3. The molecule has 1 heterocycles. The number of halogens is 2. The first-order chi connectivity index (χ1) is 16.3. The Kier molecular flexibility index (Phi) is 7.24. The van der Waals surface area contributed by atoms with E-state index in [2.05, 4.69) is 21.2 Å². The zero-order valence-electron chi connectivity index (χ0n) is 18.4. The van der Waals surface area contributed by atoms with Crippen LogP contribution in [0, 0.1) is 5.82 Å². The summed E-state index contributed by atoms with van der Waals surface area (Å²) in [5.41, 5.74) is 0.882. The maximum Gasteiger partial charge on any atom is 0.270 e. The van der Waals surface area contributed by atoms with E-state index in [0.717, 1.165) is 10.0 Å². The second-order valence-electron chi connectivity index (χ2n) is 8.26. The normalized spacial score (nSPS) is 15.6. The van der Waals surface area contributed by atoms with Crippen molar-refractivity contribution in [1.29, 1.82) is 0 Å². The van der Waals surface area contributed by atoms with Gasteiger partial charge in [0.15, 0.2) is 0 Å². The summed E-state index contributed by atoms with van der Waals surface area (Å²) < 4.78 is 14.3. The third-order valence-electron chi connectivity index (χ3n) is 5.95. The first-order valence-corrected chi connectivity index (χ1v) is 11.7. The van der Waals surface area contributed by atoms with Crippen LogP contribution in [-0.2, 0) is 10.4 Å². The highest BCUT2D eigenvalue weighted by Crippen LogP contribution is 2.33. The highest BCUT2D eigenvalue weighted by atomic mass is 79.9. The summed E-state index contributed by atoms with van der Waals surface area (Å²) in [6.45, 7) is 0.653. The summed E-state index contributed by atoms with van der Waals surface area (Å²) >= 11 is 3.40. The molecule has 1 saturated heterocycles. The van der Waals surface area contributed by atoms with Crippen LogP contribution in [0.1, 0.15) is 34.3 Å². The minimum atomic E-state index is -1.02. The van der Waals surface area contributed by atoms with Crippen molar-refractivity contribution in [2.24, 2.45) is 0 Å². The number of benzene rings is 3. The first kappa shape index (κ1) is 23.9. The molecule has 4 rings (SSSR count). The lowest BCUT2D eigenvalue weighted by molar-refractivity contribution is -0.131. The monoisotopic (exact) mass is 522 g/mol. The molecule has 1 aliphatic rings. The quantitative estimate of drug-likeness (QED) is 0.469. The average molecular weight is 523 g/mol. The van der Waals surface area contributed by atoms with E-state index < -0.39 is 11.5 Å². The number of hydrogen-bond donors (Lipinski definition) is 2. The van der Waals surface area contributed by atoms with Gasteiger partial charge in [0.1, 0.15) is 11.5 Å². The fourth-order valence-electron chi connectivity index (χ4n) is 3.96. The second-order valence-corrected chi connectivity index (χ2v) is 9.18. The predicted molar refractivity (Wildman–Crippen MR) is 132 cm³/mol.